The van der Waals surface area contributed by atoms with Gasteiger partial charge in [-0.1, -0.05) is 23.4 Å². The first-order chi connectivity index (χ1) is 14.5. The number of benzene rings is 2. The van der Waals surface area contributed by atoms with E-state index in [2.05, 4.69) is 15.5 Å². The smallest absolute Gasteiger partial charge is 0.234 e. The number of amides is 1. The number of halogens is 1. The molecule has 158 valence electrons. The number of anilines is 1. The van der Waals surface area contributed by atoms with E-state index in [1.807, 2.05) is 7.05 Å². The predicted octanol–water partition coefficient (Wildman–Crippen LogP) is 3.89. The molecule has 0 radical (unpaired) electrons. The van der Waals surface area contributed by atoms with Gasteiger partial charge in [-0.2, -0.15) is 0 Å². The Hall–Kier alpha value is -2.91. The first kappa shape index (κ1) is 21.8. The number of carbonyl (C=O) groups excluding carboxylic acids is 1. The molecule has 0 spiro atoms. The van der Waals surface area contributed by atoms with E-state index >= 15 is 0 Å². The van der Waals surface area contributed by atoms with E-state index in [0.717, 1.165) is 5.56 Å². The van der Waals surface area contributed by atoms with E-state index in [4.69, 9.17) is 25.8 Å². The lowest BCUT2D eigenvalue weighted by atomic mass is 10.1. The molecule has 0 aliphatic heterocycles. The maximum Gasteiger partial charge on any atom is 0.234 e. The van der Waals surface area contributed by atoms with Crippen molar-refractivity contribution in [2.24, 2.45) is 7.05 Å². The fourth-order valence-corrected chi connectivity index (χ4v) is 3.60. The highest BCUT2D eigenvalue weighted by molar-refractivity contribution is 7.99. The van der Waals surface area contributed by atoms with Crippen LogP contribution in [0.5, 0.6) is 17.2 Å². The lowest BCUT2D eigenvalue weighted by Crippen LogP contribution is -2.14. The molecule has 0 saturated carbocycles. The molecule has 0 atom stereocenters. The lowest BCUT2D eigenvalue weighted by molar-refractivity contribution is -0.113. The van der Waals surface area contributed by atoms with Crippen molar-refractivity contribution in [2.45, 2.75) is 5.16 Å². The molecule has 3 rings (SSSR count). The van der Waals surface area contributed by atoms with Gasteiger partial charge in [0.1, 0.15) is 0 Å². The van der Waals surface area contributed by atoms with Gasteiger partial charge in [0.25, 0.3) is 0 Å². The molecule has 2 aromatic carbocycles. The van der Waals surface area contributed by atoms with E-state index in [-0.39, 0.29) is 11.7 Å². The minimum Gasteiger partial charge on any atom is -0.493 e. The Labute approximate surface area is 183 Å². The number of rotatable bonds is 8. The van der Waals surface area contributed by atoms with Gasteiger partial charge in [0.15, 0.2) is 22.5 Å². The number of carbonyl (C=O) groups is 1. The average Bonchev–Trinajstić information content (AvgIpc) is 3.13. The highest BCUT2D eigenvalue weighted by atomic mass is 35.5. The third kappa shape index (κ3) is 4.80. The number of thioether (sulfide) groups is 1. The highest BCUT2D eigenvalue weighted by Crippen LogP contribution is 2.41. The Bertz CT molecular complexity index is 1010. The van der Waals surface area contributed by atoms with Crippen LogP contribution in [0.15, 0.2) is 41.6 Å². The summed E-state index contributed by atoms with van der Waals surface area (Å²) in [5.41, 5.74) is 1.43. The highest BCUT2D eigenvalue weighted by Gasteiger charge is 2.18. The van der Waals surface area contributed by atoms with E-state index < -0.39 is 0 Å². The van der Waals surface area contributed by atoms with Crippen molar-refractivity contribution in [1.82, 2.24) is 14.8 Å². The van der Waals surface area contributed by atoms with Gasteiger partial charge in [0, 0.05) is 23.3 Å². The van der Waals surface area contributed by atoms with Gasteiger partial charge in [-0.05, 0) is 36.4 Å². The maximum atomic E-state index is 12.2. The largest absolute Gasteiger partial charge is 0.493 e. The normalized spacial score (nSPS) is 10.6. The second-order valence-corrected chi connectivity index (χ2v) is 7.50. The van der Waals surface area contributed by atoms with Crippen LogP contribution < -0.4 is 19.5 Å². The molecule has 0 aliphatic rings. The van der Waals surface area contributed by atoms with E-state index in [0.29, 0.717) is 38.9 Å². The molecule has 0 unspecified atom stereocenters. The van der Waals surface area contributed by atoms with Gasteiger partial charge in [0.05, 0.1) is 27.1 Å². The van der Waals surface area contributed by atoms with Gasteiger partial charge in [-0.15, -0.1) is 10.2 Å². The topological polar surface area (TPSA) is 87.5 Å². The van der Waals surface area contributed by atoms with Gasteiger partial charge >= 0.3 is 0 Å². The van der Waals surface area contributed by atoms with Crippen LogP contribution in [0.25, 0.3) is 11.4 Å². The Balaban J connectivity index is 1.74. The average molecular weight is 449 g/mol. The zero-order chi connectivity index (χ0) is 21.7. The zero-order valence-corrected chi connectivity index (χ0v) is 18.5. The van der Waals surface area contributed by atoms with Crippen molar-refractivity contribution in [2.75, 3.05) is 32.4 Å². The number of methoxy groups -OCH3 is 3. The molecule has 0 saturated heterocycles. The third-order valence-electron chi connectivity index (χ3n) is 4.22. The molecule has 1 heterocycles. The molecule has 8 nitrogen and oxygen atoms in total. The van der Waals surface area contributed by atoms with Gasteiger partial charge in [0.2, 0.25) is 11.7 Å². The number of ether oxygens (including phenoxy) is 3. The number of hydrogen-bond donors (Lipinski definition) is 1. The van der Waals surface area contributed by atoms with Crippen LogP contribution in [0.1, 0.15) is 0 Å². The number of nitrogens with one attached hydrogen (secondary N) is 1. The molecule has 3 aromatic rings. The van der Waals surface area contributed by atoms with Crippen LogP contribution in [-0.2, 0) is 11.8 Å². The quantitative estimate of drug-likeness (QED) is 0.523. The summed E-state index contributed by atoms with van der Waals surface area (Å²) in [6.45, 7) is 0. The molecule has 1 N–H and O–H groups in total. The van der Waals surface area contributed by atoms with Crippen LogP contribution in [-0.4, -0.2) is 47.8 Å². The zero-order valence-electron chi connectivity index (χ0n) is 16.9. The standard InChI is InChI=1S/C20H21ClN4O4S/c1-25-19(12-9-15(27-2)18(29-4)16(10-12)28-3)23-24-20(25)30-11-17(26)22-14-7-5-13(21)6-8-14/h5-10H,11H2,1-4H3,(H,22,26). The van der Waals surface area contributed by atoms with Crippen LogP contribution in [0.2, 0.25) is 5.02 Å². The summed E-state index contributed by atoms with van der Waals surface area (Å²) < 4.78 is 18.0. The van der Waals surface area contributed by atoms with Gasteiger partial charge < -0.3 is 24.1 Å². The minimum absolute atomic E-state index is 0.153. The second-order valence-electron chi connectivity index (χ2n) is 6.12. The van der Waals surface area contributed by atoms with Crippen molar-refractivity contribution >= 4 is 35.0 Å². The first-order valence-corrected chi connectivity index (χ1v) is 10.2. The molecule has 30 heavy (non-hydrogen) atoms. The summed E-state index contributed by atoms with van der Waals surface area (Å²) in [6, 6.07) is 10.5. The van der Waals surface area contributed by atoms with Crippen LogP contribution >= 0.6 is 23.4 Å². The molecule has 0 fully saturated rings. The van der Waals surface area contributed by atoms with E-state index in [1.54, 1.807) is 62.3 Å². The number of aromatic nitrogens is 3. The number of nitrogens with zero attached hydrogens (tertiary/aromatic N) is 3. The van der Waals surface area contributed by atoms with Crippen molar-refractivity contribution in [3.8, 4) is 28.6 Å². The van der Waals surface area contributed by atoms with E-state index in [1.165, 1.54) is 11.8 Å². The van der Waals surface area contributed by atoms with Crippen LogP contribution in [0.4, 0.5) is 5.69 Å². The lowest BCUT2D eigenvalue weighted by Gasteiger charge is -2.14. The molecule has 10 heteroatoms. The Morgan fingerprint density at radius 3 is 2.27 bits per heavy atom. The van der Waals surface area contributed by atoms with Crippen LogP contribution in [0.3, 0.4) is 0 Å². The van der Waals surface area contributed by atoms with Crippen molar-refractivity contribution in [1.29, 1.82) is 0 Å². The summed E-state index contributed by atoms with van der Waals surface area (Å²) >= 11 is 7.14. The Morgan fingerprint density at radius 1 is 1.07 bits per heavy atom. The molecule has 0 aliphatic carbocycles. The third-order valence-corrected chi connectivity index (χ3v) is 5.49. The Morgan fingerprint density at radius 2 is 1.70 bits per heavy atom. The van der Waals surface area contributed by atoms with Gasteiger partial charge in [-0.25, -0.2) is 0 Å². The second kappa shape index (κ2) is 9.73. The van der Waals surface area contributed by atoms with Crippen molar-refractivity contribution < 1.29 is 19.0 Å². The molecule has 1 amide bonds. The predicted molar refractivity (Wildman–Crippen MR) is 117 cm³/mol. The first-order valence-electron chi connectivity index (χ1n) is 8.84. The molecular formula is C20H21ClN4O4S. The van der Waals surface area contributed by atoms with E-state index in [9.17, 15) is 4.79 Å². The summed E-state index contributed by atoms with van der Waals surface area (Å²) in [6.07, 6.45) is 0. The van der Waals surface area contributed by atoms with Crippen LogP contribution in [0, 0.1) is 0 Å². The summed E-state index contributed by atoms with van der Waals surface area (Å²) in [5.74, 6) is 2.18. The minimum atomic E-state index is -0.153. The summed E-state index contributed by atoms with van der Waals surface area (Å²) in [7, 11) is 6.49. The molecule has 1 aromatic heterocycles. The summed E-state index contributed by atoms with van der Waals surface area (Å²) in [4.78, 5) is 12.2. The Kier molecular flexibility index (Phi) is 7.07. The van der Waals surface area contributed by atoms with Crippen molar-refractivity contribution in [3.05, 3.63) is 41.4 Å². The maximum absolute atomic E-state index is 12.2. The molecule has 0 bridgehead atoms. The fourth-order valence-electron chi connectivity index (χ4n) is 2.76. The fraction of sp³-hybridized carbons (Fsp3) is 0.250. The summed E-state index contributed by atoms with van der Waals surface area (Å²) in [5, 5.41) is 12.5. The SMILES string of the molecule is COc1cc(-c2nnc(SCC(=O)Nc3ccc(Cl)cc3)n2C)cc(OC)c1OC. The number of hydrogen-bond acceptors (Lipinski definition) is 7. The van der Waals surface area contributed by atoms with Gasteiger partial charge in [-0.3, -0.25) is 4.79 Å². The molecular weight excluding hydrogens is 428 g/mol. The van der Waals surface area contributed by atoms with Crippen molar-refractivity contribution in [3.63, 3.8) is 0 Å². The monoisotopic (exact) mass is 448 g/mol.